The number of anilines is 1. The van der Waals surface area contributed by atoms with Gasteiger partial charge in [-0.3, -0.25) is 25.0 Å². The predicted molar refractivity (Wildman–Crippen MR) is 117 cm³/mol. The molecule has 2 aromatic carbocycles. The molecular formula is C23H22ClN3O5. The summed E-state index contributed by atoms with van der Waals surface area (Å²) in [7, 11) is 0. The maximum Gasteiger partial charge on any atom is 0.411 e. The minimum atomic E-state index is -0.668. The monoisotopic (exact) mass is 455 g/mol. The summed E-state index contributed by atoms with van der Waals surface area (Å²) in [5.41, 5.74) is 4.13. The number of ether oxygens (including phenoxy) is 1. The van der Waals surface area contributed by atoms with Crippen molar-refractivity contribution < 1.29 is 23.9 Å². The number of aryl methyl sites for hydroxylation is 1. The quantitative estimate of drug-likeness (QED) is 0.687. The highest BCUT2D eigenvalue weighted by molar-refractivity contribution is 6.31. The van der Waals surface area contributed by atoms with Crippen LogP contribution in [0, 0.1) is 13.8 Å². The van der Waals surface area contributed by atoms with Gasteiger partial charge in [0.2, 0.25) is 11.8 Å². The number of nitrogens with zero attached hydrogens (tertiary/aromatic N) is 1. The number of fused-ring (bicyclic) bond motifs is 1. The molecule has 0 aromatic heterocycles. The van der Waals surface area contributed by atoms with Crippen LogP contribution >= 0.6 is 11.6 Å². The zero-order valence-corrected chi connectivity index (χ0v) is 18.4. The number of hydrogen-bond acceptors (Lipinski definition) is 5. The molecule has 1 fully saturated rings. The molecule has 4 rings (SSSR count). The number of piperidine rings is 1. The zero-order chi connectivity index (χ0) is 23.0. The molecule has 0 aliphatic carbocycles. The van der Waals surface area contributed by atoms with Gasteiger partial charge in [-0.25, -0.2) is 4.79 Å². The molecule has 2 aromatic rings. The molecule has 0 radical (unpaired) electrons. The summed E-state index contributed by atoms with van der Waals surface area (Å²) >= 11 is 6.07. The standard InChI is InChI=1S/C23H22ClN3O5/c1-12-3-6-16(9-17(12)24)25-23(31)32-11-15-5-4-14-10-27(22(30)20(14)13(15)2)18-7-8-19(28)26-21(18)29/h3-6,9,18H,7-8,10-11H2,1-2H3,(H,25,31)(H,26,28,29). The van der Waals surface area contributed by atoms with E-state index in [0.29, 0.717) is 40.4 Å². The Morgan fingerprint density at radius 2 is 2.00 bits per heavy atom. The topological polar surface area (TPSA) is 105 Å². The Balaban J connectivity index is 1.43. The second kappa shape index (κ2) is 8.63. The van der Waals surface area contributed by atoms with Gasteiger partial charge in [0, 0.05) is 29.2 Å². The van der Waals surface area contributed by atoms with Crippen molar-refractivity contribution in [1.29, 1.82) is 0 Å². The second-order valence-electron chi connectivity index (χ2n) is 7.95. The van der Waals surface area contributed by atoms with Crippen LogP contribution in [-0.4, -0.2) is 34.8 Å². The lowest BCUT2D eigenvalue weighted by atomic mass is 9.99. The van der Waals surface area contributed by atoms with E-state index in [-0.39, 0.29) is 24.8 Å². The molecule has 1 saturated heterocycles. The number of nitrogens with one attached hydrogen (secondary N) is 2. The van der Waals surface area contributed by atoms with Crippen LogP contribution in [-0.2, 0) is 27.5 Å². The third-order valence-corrected chi connectivity index (χ3v) is 6.25. The average Bonchev–Trinajstić information content (AvgIpc) is 3.07. The maximum absolute atomic E-state index is 13.1. The van der Waals surface area contributed by atoms with Crippen molar-refractivity contribution in [3.8, 4) is 0 Å². The first-order valence-corrected chi connectivity index (χ1v) is 10.6. The largest absolute Gasteiger partial charge is 0.444 e. The van der Waals surface area contributed by atoms with Gasteiger partial charge in [-0.15, -0.1) is 0 Å². The lowest BCUT2D eigenvalue weighted by Crippen LogP contribution is -2.52. The molecule has 166 valence electrons. The van der Waals surface area contributed by atoms with Crippen LogP contribution < -0.4 is 10.6 Å². The predicted octanol–water partition coefficient (Wildman–Crippen LogP) is 3.47. The van der Waals surface area contributed by atoms with Crippen molar-refractivity contribution in [3.63, 3.8) is 0 Å². The molecule has 9 heteroatoms. The second-order valence-corrected chi connectivity index (χ2v) is 8.36. The van der Waals surface area contributed by atoms with E-state index in [1.807, 2.05) is 19.1 Å². The molecule has 0 saturated carbocycles. The smallest absolute Gasteiger partial charge is 0.411 e. The minimum Gasteiger partial charge on any atom is -0.444 e. The first kappa shape index (κ1) is 21.8. The van der Waals surface area contributed by atoms with Gasteiger partial charge in [-0.05, 0) is 54.7 Å². The van der Waals surface area contributed by atoms with Crippen molar-refractivity contribution in [2.45, 2.75) is 45.9 Å². The van der Waals surface area contributed by atoms with Crippen molar-refractivity contribution in [2.75, 3.05) is 5.32 Å². The first-order valence-electron chi connectivity index (χ1n) is 10.2. The number of hydrogen-bond donors (Lipinski definition) is 2. The summed E-state index contributed by atoms with van der Waals surface area (Å²) in [6.45, 7) is 3.94. The lowest BCUT2D eigenvalue weighted by Gasteiger charge is -2.29. The van der Waals surface area contributed by atoms with Gasteiger partial charge in [-0.2, -0.15) is 0 Å². The minimum absolute atomic E-state index is 0.0176. The number of imide groups is 1. The molecule has 0 spiro atoms. The molecule has 2 aliphatic rings. The van der Waals surface area contributed by atoms with Crippen LogP contribution in [0.4, 0.5) is 10.5 Å². The van der Waals surface area contributed by atoms with Crippen LogP contribution in [0.15, 0.2) is 30.3 Å². The number of carbonyl (C=O) groups excluding carboxylic acids is 4. The number of amides is 4. The number of halogens is 1. The number of benzene rings is 2. The van der Waals surface area contributed by atoms with E-state index in [1.54, 1.807) is 25.1 Å². The Morgan fingerprint density at radius 3 is 2.72 bits per heavy atom. The Hall–Kier alpha value is -3.39. The third kappa shape index (κ3) is 4.18. The molecule has 8 nitrogen and oxygen atoms in total. The van der Waals surface area contributed by atoms with E-state index in [4.69, 9.17) is 16.3 Å². The number of rotatable bonds is 4. The van der Waals surface area contributed by atoms with Crippen LogP contribution in [0.5, 0.6) is 0 Å². The molecule has 1 unspecified atom stereocenters. The van der Waals surface area contributed by atoms with E-state index in [0.717, 1.165) is 11.1 Å². The van der Waals surface area contributed by atoms with Gasteiger partial charge >= 0.3 is 6.09 Å². The highest BCUT2D eigenvalue weighted by Gasteiger charge is 2.40. The molecular weight excluding hydrogens is 434 g/mol. The molecule has 2 aliphatic heterocycles. The van der Waals surface area contributed by atoms with E-state index >= 15 is 0 Å². The van der Waals surface area contributed by atoms with Crippen molar-refractivity contribution in [1.82, 2.24) is 10.2 Å². The zero-order valence-electron chi connectivity index (χ0n) is 17.7. The van der Waals surface area contributed by atoms with Crippen LogP contribution in [0.25, 0.3) is 0 Å². The first-order chi connectivity index (χ1) is 15.2. The van der Waals surface area contributed by atoms with Gasteiger partial charge in [-0.1, -0.05) is 29.8 Å². The molecule has 4 amide bonds. The van der Waals surface area contributed by atoms with Crippen LogP contribution in [0.3, 0.4) is 0 Å². The SMILES string of the molecule is Cc1ccc(NC(=O)OCc2ccc3c(c2C)C(=O)N(C2CCC(=O)NC2=O)C3)cc1Cl. The van der Waals surface area contributed by atoms with Gasteiger partial charge in [0.05, 0.1) is 0 Å². The molecule has 0 bridgehead atoms. The van der Waals surface area contributed by atoms with Gasteiger partial charge in [0.1, 0.15) is 12.6 Å². The van der Waals surface area contributed by atoms with Crippen LogP contribution in [0.1, 0.15) is 45.5 Å². The summed E-state index contributed by atoms with van der Waals surface area (Å²) in [4.78, 5) is 50.4. The Morgan fingerprint density at radius 1 is 1.22 bits per heavy atom. The normalized spacial score (nSPS) is 17.8. The molecule has 2 heterocycles. The molecule has 2 N–H and O–H groups in total. The van der Waals surface area contributed by atoms with Gasteiger partial charge < -0.3 is 9.64 Å². The summed E-state index contributed by atoms with van der Waals surface area (Å²) in [5.74, 6) is -1.03. The highest BCUT2D eigenvalue weighted by Crippen LogP contribution is 2.31. The average molecular weight is 456 g/mol. The van der Waals surface area contributed by atoms with Crippen LogP contribution in [0.2, 0.25) is 5.02 Å². The summed E-state index contributed by atoms with van der Waals surface area (Å²) < 4.78 is 5.33. The summed E-state index contributed by atoms with van der Waals surface area (Å²) in [6.07, 6.45) is -0.125. The maximum atomic E-state index is 13.1. The Kier molecular flexibility index (Phi) is 5.88. The Labute approximate surface area is 189 Å². The van der Waals surface area contributed by atoms with E-state index in [2.05, 4.69) is 10.6 Å². The third-order valence-electron chi connectivity index (χ3n) is 5.84. The van der Waals surface area contributed by atoms with Crippen molar-refractivity contribution in [2.24, 2.45) is 0 Å². The van der Waals surface area contributed by atoms with E-state index < -0.39 is 18.0 Å². The lowest BCUT2D eigenvalue weighted by molar-refractivity contribution is -0.136. The van der Waals surface area contributed by atoms with E-state index in [1.165, 1.54) is 4.90 Å². The molecule has 32 heavy (non-hydrogen) atoms. The van der Waals surface area contributed by atoms with E-state index in [9.17, 15) is 19.2 Å². The van der Waals surface area contributed by atoms with Crippen molar-refractivity contribution in [3.05, 3.63) is 63.2 Å². The van der Waals surface area contributed by atoms with Gasteiger partial charge in [0.15, 0.2) is 0 Å². The fourth-order valence-corrected chi connectivity index (χ4v) is 4.18. The summed E-state index contributed by atoms with van der Waals surface area (Å²) in [6, 6.07) is 8.11. The summed E-state index contributed by atoms with van der Waals surface area (Å²) in [5, 5.41) is 5.46. The van der Waals surface area contributed by atoms with Gasteiger partial charge in [0.25, 0.3) is 5.91 Å². The fraction of sp³-hybridized carbons (Fsp3) is 0.304. The highest BCUT2D eigenvalue weighted by atomic mass is 35.5. The Bertz CT molecular complexity index is 1150. The molecule has 1 atom stereocenters. The number of carbonyl (C=O) groups is 4. The van der Waals surface area contributed by atoms with Crippen molar-refractivity contribution >= 4 is 41.1 Å². The fourth-order valence-electron chi connectivity index (χ4n) is 3.99.